The Bertz CT molecular complexity index is 252. The zero-order valence-corrected chi connectivity index (χ0v) is 12.4. The number of guanidine groups is 1. The summed E-state index contributed by atoms with van der Waals surface area (Å²) in [5.41, 5.74) is 7.59. The van der Waals surface area contributed by atoms with Gasteiger partial charge in [-0.3, -0.25) is 0 Å². The number of ether oxygens (including phenoxy) is 1. The molecule has 16 heavy (non-hydrogen) atoms. The van der Waals surface area contributed by atoms with Crippen LogP contribution in [0.5, 0.6) is 0 Å². The molecule has 0 aliphatic heterocycles. The highest BCUT2D eigenvalue weighted by molar-refractivity contribution is 14.0. The summed E-state index contributed by atoms with van der Waals surface area (Å²) < 4.78 is 5.28. The van der Waals surface area contributed by atoms with Crippen LogP contribution in [0.3, 0.4) is 0 Å². The molecule has 0 radical (unpaired) electrons. The molecule has 5 heteroatoms. The second-order valence-corrected chi connectivity index (χ2v) is 3.60. The molecule has 0 spiro atoms. The van der Waals surface area contributed by atoms with Crippen LogP contribution in [0.2, 0.25) is 0 Å². The van der Waals surface area contributed by atoms with Crippen molar-refractivity contribution in [3.05, 3.63) is 24.3 Å². The Kier molecular flexibility index (Phi) is 12.2. The number of aliphatic imine (C=N–C) groups is 1. The van der Waals surface area contributed by atoms with Crippen LogP contribution in [0.15, 0.2) is 29.3 Å². The molecular formula is C11H22IN3O. The van der Waals surface area contributed by atoms with Gasteiger partial charge in [0.05, 0.1) is 19.8 Å². The lowest BCUT2D eigenvalue weighted by Crippen LogP contribution is -2.34. The lowest BCUT2D eigenvalue weighted by atomic mass is 10.4. The van der Waals surface area contributed by atoms with Gasteiger partial charge in [-0.05, 0) is 13.8 Å². The largest absolute Gasteiger partial charge is 0.375 e. The quantitative estimate of drug-likeness (QED) is 0.244. The third-order valence-corrected chi connectivity index (χ3v) is 1.42. The predicted molar refractivity (Wildman–Crippen MR) is 80.4 cm³/mol. The van der Waals surface area contributed by atoms with Crippen LogP contribution in [-0.4, -0.2) is 32.3 Å². The van der Waals surface area contributed by atoms with E-state index in [-0.39, 0.29) is 24.0 Å². The van der Waals surface area contributed by atoms with E-state index in [4.69, 9.17) is 10.5 Å². The number of halogens is 1. The standard InChI is InChI=1S/C11H21N3O.HI/c1-9(2)7-14-11(12)13-5-6-15-8-10(3)4;/h1,3,5-8H2,2,4H3,(H3,12,13,14);1H. The van der Waals surface area contributed by atoms with Gasteiger partial charge in [0.2, 0.25) is 0 Å². The number of nitrogens with one attached hydrogen (secondary N) is 1. The molecule has 0 fully saturated rings. The zero-order valence-electron chi connectivity index (χ0n) is 10.1. The average molecular weight is 339 g/mol. The van der Waals surface area contributed by atoms with Crippen LogP contribution in [0.4, 0.5) is 0 Å². The lowest BCUT2D eigenvalue weighted by Gasteiger charge is -2.06. The Morgan fingerprint density at radius 2 is 1.94 bits per heavy atom. The normalized spacial score (nSPS) is 10.5. The SMILES string of the molecule is C=C(C)CN=C(N)NCCOCC(=C)C.I. The van der Waals surface area contributed by atoms with Crippen LogP contribution < -0.4 is 11.1 Å². The Labute approximate surface area is 115 Å². The molecule has 0 unspecified atom stereocenters. The second kappa shape index (κ2) is 10.9. The fourth-order valence-electron chi connectivity index (χ4n) is 0.774. The van der Waals surface area contributed by atoms with E-state index < -0.39 is 0 Å². The highest BCUT2D eigenvalue weighted by Crippen LogP contribution is 1.87. The highest BCUT2D eigenvalue weighted by atomic mass is 127. The highest BCUT2D eigenvalue weighted by Gasteiger charge is 1.92. The minimum Gasteiger partial charge on any atom is -0.375 e. The topological polar surface area (TPSA) is 59.6 Å². The van der Waals surface area contributed by atoms with E-state index in [0.717, 1.165) is 11.1 Å². The van der Waals surface area contributed by atoms with Gasteiger partial charge in [-0.2, -0.15) is 0 Å². The molecule has 4 nitrogen and oxygen atoms in total. The van der Waals surface area contributed by atoms with Crippen molar-refractivity contribution in [1.82, 2.24) is 5.32 Å². The first-order chi connectivity index (χ1) is 7.02. The lowest BCUT2D eigenvalue weighted by molar-refractivity contribution is 0.161. The van der Waals surface area contributed by atoms with Gasteiger partial charge >= 0.3 is 0 Å². The Morgan fingerprint density at radius 1 is 1.31 bits per heavy atom. The summed E-state index contributed by atoms with van der Waals surface area (Å²) in [6, 6.07) is 0. The molecule has 0 rings (SSSR count). The van der Waals surface area contributed by atoms with Gasteiger partial charge in [0, 0.05) is 6.54 Å². The van der Waals surface area contributed by atoms with Gasteiger partial charge in [-0.1, -0.05) is 24.3 Å². The molecule has 94 valence electrons. The summed E-state index contributed by atoms with van der Waals surface area (Å²) in [6.07, 6.45) is 0. The summed E-state index contributed by atoms with van der Waals surface area (Å²) in [5.74, 6) is 0.428. The van der Waals surface area contributed by atoms with Gasteiger partial charge in [-0.25, -0.2) is 4.99 Å². The van der Waals surface area contributed by atoms with Crippen molar-refractivity contribution in [2.75, 3.05) is 26.3 Å². The fraction of sp³-hybridized carbons (Fsp3) is 0.545. The van der Waals surface area contributed by atoms with Crippen LogP contribution in [-0.2, 0) is 4.74 Å². The van der Waals surface area contributed by atoms with Crippen LogP contribution in [0.25, 0.3) is 0 Å². The molecule has 0 saturated carbocycles. The molecule has 0 aromatic heterocycles. The van der Waals surface area contributed by atoms with E-state index in [1.54, 1.807) is 0 Å². The summed E-state index contributed by atoms with van der Waals surface area (Å²) >= 11 is 0. The third kappa shape index (κ3) is 13.4. The number of rotatable bonds is 7. The maximum absolute atomic E-state index is 5.59. The summed E-state index contributed by atoms with van der Waals surface area (Å²) in [5, 5.41) is 2.94. The van der Waals surface area contributed by atoms with E-state index in [9.17, 15) is 0 Å². The Morgan fingerprint density at radius 3 is 2.44 bits per heavy atom. The molecule has 3 N–H and O–H groups in total. The van der Waals surface area contributed by atoms with Crippen molar-refractivity contribution < 1.29 is 4.74 Å². The van der Waals surface area contributed by atoms with Gasteiger partial charge in [0.25, 0.3) is 0 Å². The molecule has 0 saturated heterocycles. The van der Waals surface area contributed by atoms with Gasteiger partial charge in [0.15, 0.2) is 5.96 Å². The average Bonchev–Trinajstić information content (AvgIpc) is 2.13. The number of hydrogen-bond acceptors (Lipinski definition) is 2. The minimum atomic E-state index is 0. The first kappa shape index (κ1) is 17.8. The molecule has 0 aliphatic carbocycles. The predicted octanol–water partition coefficient (Wildman–Crippen LogP) is 1.68. The van der Waals surface area contributed by atoms with Crippen molar-refractivity contribution >= 4 is 29.9 Å². The monoisotopic (exact) mass is 339 g/mol. The molecule has 0 bridgehead atoms. The maximum atomic E-state index is 5.59. The maximum Gasteiger partial charge on any atom is 0.188 e. The first-order valence-corrected chi connectivity index (χ1v) is 4.92. The van der Waals surface area contributed by atoms with Gasteiger partial charge in [0.1, 0.15) is 0 Å². The van der Waals surface area contributed by atoms with Crippen molar-refractivity contribution in [1.29, 1.82) is 0 Å². The minimum absolute atomic E-state index is 0. The summed E-state index contributed by atoms with van der Waals surface area (Å²) in [6.45, 7) is 13.7. The number of nitrogens with two attached hydrogens (primary N) is 1. The van der Waals surface area contributed by atoms with Gasteiger partial charge < -0.3 is 15.8 Å². The van der Waals surface area contributed by atoms with Crippen LogP contribution in [0.1, 0.15) is 13.8 Å². The van der Waals surface area contributed by atoms with E-state index in [1.807, 2.05) is 13.8 Å². The van der Waals surface area contributed by atoms with Crippen molar-refractivity contribution in [2.45, 2.75) is 13.8 Å². The van der Waals surface area contributed by atoms with Crippen molar-refractivity contribution in [3.8, 4) is 0 Å². The molecule has 0 atom stereocenters. The van der Waals surface area contributed by atoms with Crippen molar-refractivity contribution in [2.24, 2.45) is 10.7 Å². The molecule has 0 amide bonds. The van der Waals surface area contributed by atoms with E-state index in [1.165, 1.54) is 0 Å². The van der Waals surface area contributed by atoms with E-state index in [0.29, 0.717) is 32.3 Å². The first-order valence-electron chi connectivity index (χ1n) is 4.92. The van der Waals surface area contributed by atoms with Crippen LogP contribution >= 0.6 is 24.0 Å². The van der Waals surface area contributed by atoms with Gasteiger partial charge in [-0.15, -0.1) is 24.0 Å². The number of hydrogen-bond donors (Lipinski definition) is 2. The molecular weight excluding hydrogens is 317 g/mol. The Hall–Kier alpha value is -0.560. The molecule has 0 aromatic rings. The number of nitrogens with zero attached hydrogens (tertiary/aromatic N) is 1. The van der Waals surface area contributed by atoms with E-state index in [2.05, 4.69) is 23.5 Å². The molecule has 0 aromatic carbocycles. The summed E-state index contributed by atoms with van der Waals surface area (Å²) in [4.78, 5) is 4.07. The molecule has 0 heterocycles. The van der Waals surface area contributed by atoms with E-state index >= 15 is 0 Å². The van der Waals surface area contributed by atoms with Crippen LogP contribution in [0, 0.1) is 0 Å². The fourth-order valence-corrected chi connectivity index (χ4v) is 0.774. The second-order valence-electron chi connectivity index (χ2n) is 3.60. The smallest absolute Gasteiger partial charge is 0.188 e. The third-order valence-electron chi connectivity index (χ3n) is 1.42. The van der Waals surface area contributed by atoms with Crippen molar-refractivity contribution in [3.63, 3.8) is 0 Å². The Balaban J connectivity index is 0. The zero-order chi connectivity index (χ0) is 11.7. The molecule has 0 aliphatic rings. The summed E-state index contributed by atoms with van der Waals surface area (Å²) in [7, 11) is 0.